The van der Waals surface area contributed by atoms with Gasteiger partial charge in [-0.2, -0.15) is 10.2 Å². The highest BCUT2D eigenvalue weighted by molar-refractivity contribution is 6.38. The minimum absolute atomic E-state index is 0.181. The first-order chi connectivity index (χ1) is 14.7. The topological polar surface area (TPSA) is 58.9 Å². The van der Waals surface area contributed by atoms with Gasteiger partial charge in [-0.05, 0) is 17.5 Å². The van der Waals surface area contributed by atoms with Crippen LogP contribution < -0.4 is 0 Å². The summed E-state index contributed by atoms with van der Waals surface area (Å²) in [6.45, 7) is 1.96. The van der Waals surface area contributed by atoms with E-state index in [0.29, 0.717) is 16.8 Å². The maximum atomic E-state index is 13.9. The maximum absolute atomic E-state index is 13.9. The summed E-state index contributed by atoms with van der Waals surface area (Å²) in [5, 5.41) is 8.42. The van der Waals surface area contributed by atoms with Gasteiger partial charge in [-0.25, -0.2) is 0 Å². The number of Topliss-reactive ketones (excluding diaryl/α,β-unsaturated/α-hetero) is 2. The van der Waals surface area contributed by atoms with Crippen molar-refractivity contribution < 1.29 is 9.59 Å². The van der Waals surface area contributed by atoms with E-state index in [1.54, 1.807) is 12.3 Å². The molecule has 4 rings (SSSR count). The Morgan fingerprint density at radius 2 is 1.40 bits per heavy atom. The monoisotopic (exact) mass is 394 g/mol. The molecule has 148 valence electrons. The number of hydrogen-bond donors (Lipinski definition) is 0. The van der Waals surface area contributed by atoms with Crippen molar-refractivity contribution in [2.45, 2.75) is 19.3 Å². The van der Waals surface area contributed by atoms with Crippen LogP contribution in [0.4, 0.5) is 0 Å². The van der Waals surface area contributed by atoms with Crippen molar-refractivity contribution in [3.63, 3.8) is 0 Å². The average Bonchev–Trinajstić information content (AvgIpc) is 3.07. The van der Waals surface area contributed by atoms with Crippen LogP contribution in [0, 0.1) is 5.92 Å². The van der Waals surface area contributed by atoms with E-state index in [9.17, 15) is 9.59 Å². The Hall–Kier alpha value is -3.66. The van der Waals surface area contributed by atoms with E-state index >= 15 is 0 Å². The number of benzene rings is 3. The second kappa shape index (κ2) is 8.78. The molecule has 0 bridgehead atoms. The lowest BCUT2D eigenvalue weighted by atomic mass is 9.80. The molecule has 0 saturated heterocycles. The van der Waals surface area contributed by atoms with E-state index < -0.39 is 11.8 Å². The highest BCUT2D eigenvalue weighted by atomic mass is 16.2. The van der Waals surface area contributed by atoms with E-state index in [4.69, 9.17) is 0 Å². The third-order valence-electron chi connectivity index (χ3n) is 5.27. The predicted octanol–water partition coefficient (Wildman–Crippen LogP) is 5.09. The molecule has 3 aromatic carbocycles. The largest absolute Gasteiger partial charge is 0.297 e. The van der Waals surface area contributed by atoms with Crippen LogP contribution in [0.25, 0.3) is 0 Å². The molecule has 4 heteroatoms. The lowest BCUT2D eigenvalue weighted by Gasteiger charge is -2.20. The minimum atomic E-state index is -0.971. The van der Waals surface area contributed by atoms with Gasteiger partial charge in [0, 0.05) is 17.3 Å². The van der Waals surface area contributed by atoms with Crippen molar-refractivity contribution >= 4 is 23.5 Å². The molecule has 0 amide bonds. The number of carbonyl (C=O) groups is 2. The quantitative estimate of drug-likeness (QED) is 0.332. The first-order valence-corrected chi connectivity index (χ1v) is 10.1. The van der Waals surface area contributed by atoms with Gasteiger partial charge in [0.1, 0.15) is 5.92 Å². The normalized spacial score (nSPS) is 17.1. The number of ketones is 2. The summed E-state index contributed by atoms with van der Waals surface area (Å²) < 4.78 is 0. The second-order valence-electron chi connectivity index (χ2n) is 7.19. The zero-order valence-electron chi connectivity index (χ0n) is 16.7. The van der Waals surface area contributed by atoms with Gasteiger partial charge in [0.25, 0.3) is 0 Å². The summed E-state index contributed by atoms with van der Waals surface area (Å²) in [4.78, 5) is 27.2. The first kappa shape index (κ1) is 19.6. The van der Waals surface area contributed by atoms with Crippen molar-refractivity contribution in [3.8, 4) is 0 Å². The van der Waals surface area contributed by atoms with Crippen LogP contribution in [-0.2, 0) is 4.79 Å². The third kappa shape index (κ3) is 3.64. The van der Waals surface area contributed by atoms with Crippen LogP contribution in [0.3, 0.4) is 0 Å². The molecule has 0 radical (unpaired) electrons. The Balaban J connectivity index is 1.83. The van der Waals surface area contributed by atoms with E-state index in [1.165, 1.54) is 0 Å². The lowest BCUT2D eigenvalue weighted by molar-refractivity contribution is -0.120. The molecule has 1 atom stereocenters. The van der Waals surface area contributed by atoms with Gasteiger partial charge in [-0.15, -0.1) is 0 Å². The van der Waals surface area contributed by atoms with Crippen LogP contribution >= 0.6 is 0 Å². The molecular weight excluding hydrogens is 372 g/mol. The fraction of sp³-hybridized carbons (Fsp3) is 0.154. The van der Waals surface area contributed by atoms with Crippen molar-refractivity contribution in [2.75, 3.05) is 0 Å². The van der Waals surface area contributed by atoms with E-state index in [1.807, 2.05) is 85.8 Å². The molecular formula is C26H22N2O2. The summed E-state index contributed by atoms with van der Waals surface area (Å²) >= 11 is 0. The second-order valence-corrected chi connectivity index (χ2v) is 7.19. The fourth-order valence-corrected chi connectivity index (χ4v) is 3.90. The molecule has 0 saturated carbocycles. The number of nitrogens with zero attached hydrogens (tertiary/aromatic N) is 2. The van der Waals surface area contributed by atoms with Gasteiger partial charge in [-0.1, -0.05) is 91.9 Å². The first-order valence-electron chi connectivity index (χ1n) is 10.1. The van der Waals surface area contributed by atoms with Crippen LogP contribution in [0.5, 0.6) is 0 Å². The van der Waals surface area contributed by atoms with Crippen molar-refractivity contribution in [1.82, 2.24) is 0 Å². The van der Waals surface area contributed by atoms with E-state index in [0.717, 1.165) is 17.5 Å². The molecule has 30 heavy (non-hydrogen) atoms. The molecule has 0 aliphatic heterocycles. The maximum Gasteiger partial charge on any atom is 0.180 e. The highest BCUT2D eigenvalue weighted by Gasteiger charge is 2.44. The molecule has 0 fully saturated rings. The van der Waals surface area contributed by atoms with E-state index in [2.05, 4.69) is 10.2 Å². The van der Waals surface area contributed by atoms with Gasteiger partial charge in [0.2, 0.25) is 0 Å². The van der Waals surface area contributed by atoms with Crippen LogP contribution in [-0.4, -0.2) is 23.5 Å². The van der Waals surface area contributed by atoms with Crippen LogP contribution in [0.15, 0.2) is 95.1 Å². The molecule has 1 aliphatic rings. The Kier molecular flexibility index (Phi) is 5.75. The highest BCUT2D eigenvalue weighted by Crippen LogP contribution is 2.35. The zero-order chi connectivity index (χ0) is 20.9. The Morgan fingerprint density at radius 3 is 1.97 bits per heavy atom. The van der Waals surface area contributed by atoms with Gasteiger partial charge < -0.3 is 0 Å². The Bertz CT molecular complexity index is 1080. The summed E-state index contributed by atoms with van der Waals surface area (Å²) in [6, 6.07) is 26.4. The third-order valence-corrected chi connectivity index (χ3v) is 5.27. The summed E-state index contributed by atoms with van der Waals surface area (Å²) in [7, 11) is 0. The minimum Gasteiger partial charge on any atom is -0.297 e. The van der Waals surface area contributed by atoms with Gasteiger partial charge >= 0.3 is 0 Å². The van der Waals surface area contributed by atoms with Crippen molar-refractivity contribution in [2.24, 2.45) is 16.1 Å². The number of carbonyl (C=O) groups excluding carboxylic acids is 2. The van der Waals surface area contributed by atoms with E-state index in [-0.39, 0.29) is 11.6 Å². The number of fused-ring (bicyclic) bond motifs is 1. The summed E-state index contributed by atoms with van der Waals surface area (Å²) in [5.41, 5.74) is 3.36. The molecule has 0 N–H and O–H groups in total. The smallest absolute Gasteiger partial charge is 0.180 e. The molecule has 4 nitrogen and oxygen atoms in total. The molecule has 0 heterocycles. The summed E-state index contributed by atoms with van der Waals surface area (Å²) in [6.07, 6.45) is 2.40. The van der Waals surface area contributed by atoms with Gasteiger partial charge in [0.05, 0.1) is 11.6 Å². The zero-order valence-corrected chi connectivity index (χ0v) is 16.7. The van der Waals surface area contributed by atoms with Gasteiger partial charge in [-0.3, -0.25) is 9.59 Å². The standard InChI is InChI=1S/C26H22N2O2/c1-2-17-27-28-24-20-15-9-10-16-21(20)25(29)23(24)26(30)22(18-11-5-3-6-12-18)19-13-7-4-8-14-19/h3-17,22-23H,2H2,1H3. The molecule has 1 unspecified atom stereocenters. The fourth-order valence-electron chi connectivity index (χ4n) is 3.90. The van der Waals surface area contributed by atoms with Crippen LogP contribution in [0.1, 0.15) is 46.3 Å². The number of rotatable bonds is 6. The molecule has 0 spiro atoms. The molecule has 0 aromatic heterocycles. The average molecular weight is 394 g/mol. The van der Waals surface area contributed by atoms with Crippen LogP contribution in [0.2, 0.25) is 0 Å². The Labute approximate surface area is 176 Å². The molecule has 3 aromatic rings. The lowest BCUT2D eigenvalue weighted by Crippen LogP contribution is -2.31. The SMILES string of the molecule is CCC=NN=C1c2ccccc2C(=O)C1C(=O)C(c1ccccc1)c1ccccc1. The number of hydrogen-bond acceptors (Lipinski definition) is 4. The van der Waals surface area contributed by atoms with Gasteiger partial charge in [0.15, 0.2) is 11.6 Å². The molecule has 1 aliphatic carbocycles. The predicted molar refractivity (Wildman–Crippen MR) is 119 cm³/mol. The van der Waals surface area contributed by atoms with Crippen molar-refractivity contribution in [1.29, 1.82) is 0 Å². The van der Waals surface area contributed by atoms with Crippen molar-refractivity contribution in [3.05, 3.63) is 107 Å². The Morgan fingerprint density at radius 1 is 0.867 bits per heavy atom. The summed E-state index contributed by atoms with van der Waals surface area (Å²) in [5.74, 6) is -1.92.